The van der Waals surface area contributed by atoms with E-state index in [4.69, 9.17) is 107 Å². The minimum Gasteiger partial charge on any atom is -0.374 e. The number of halogens is 5. The van der Waals surface area contributed by atoms with Crippen LogP contribution in [0.15, 0.2) is 254 Å². The van der Waals surface area contributed by atoms with Crippen LogP contribution in [-0.2, 0) is 0 Å². The molecule has 0 amide bonds. The summed E-state index contributed by atoms with van der Waals surface area (Å²) in [6.45, 7) is 0. The molecule has 0 aliphatic carbocycles. The molecule has 4 aromatic heterocycles. The highest BCUT2D eigenvalue weighted by molar-refractivity contribution is 7.80. The van der Waals surface area contributed by atoms with E-state index in [9.17, 15) is 58.3 Å². The van der Waals surface area contributed by atoms with Gasteiger partial charge in [0.05, 0.1) is 59.6 Å². The number of azo groups is 4. The monoisotopic (exact) mass is 1570 g/mol. The summed E-state index contributed by atoms with van der Waals surface area (Å²) in [6, 6.07) is 47.4. The summed E-state index contributed by atoms with van der Waals surface area (Å²) in [5, 5.41) is 75.8. The van der Waals surface area contributed by atoms with Crippen LogP contribution in [0.1, 0.15) is 0 Å². The Morgan fingerprint density at radius 1 is 0.358 bits per heavy atom. The minimum absolute atomic E-state index is 0.000571. The summed E-state index contributed by atoms with van der Waals surface area (Å²) in [5.74, 6) is -0.904. The van der Waals surface area contributed by atoms with Gasteiger partial charge in [-0.25, -0.2) is 8.78 Å². The van der Waals surface area contributed by atoms with Gasteiger partial charge in [-0.15, -0.1) is 25.6 Å². The van der Waals surface area contributed by atoms with Crippen molar-refractivity contribution in [2.45, 2.75) is 0 Å². The number of aromatic nitrogens is 8. The molecule has 106 heavy (non-hydrogen) atoms. The number of nitrogens with one attached hydrogen (secondary N) is 4. The van der Waals surface area contributed by atoms with Crippen LogP contribution < -0.4 is 45.2 Å². The molecular formula is C64H44Cl3F2N23O10S4. The Kier molecular flexibility index (Phi) is 25.1. The zero-order chi connectivity index (χ0) is 76.6. The van der Waals surface area contributed by atoms with Crippen molar-refractivity contribution in [2.75, 3.05) is 0 Å². The maximum atomic E-state index is 13.3. The average molecular weight is 1570 g/mol. The number of hydrogen-bond acceptors (Lipinski definition) is 22. The predicted molar refractivity (Wildman–Crippen MR) is 408 cm³/mol. The molecule has 534 valence electrons. The molecule has 0 aliphatic rings. The molecule has 8 aromatic carbocycles. The molecule has 42 heteroatoms. The van der Waals surface area contributed by atoms with Crippen LogP contribution in [0.3, 0.4) is 0 Å². The first-order chi connectivity index (χ1) is 50.6. The Morgan fingerprint density at radius 2 is 0.679 bits per heavy atom. The van der Waals surface area contributed by atoms with Crippen LogP contribution in [0.5, 0.6) is 0 Å². The zero-order valence-electron chi connectivity index (χ0n) is 53.1. The van der Waals surface area contributed by atoms with Crippen molar-refractivity contribution in [1.82, 2.24) is 39.1 Å². The molecule has 0 fully saturated rings. The molecule has 0 saturated carbocycles. The second-order valence-corrected chi connectivity index (χ2v) is 23.8. The summed E-state index contributed by atoms with van der Waals surface area (Å²) in [5.41, 5.74) is 23.8. The van der Waals surface area contributed by atoms with Gasteiger partial charge in [0.15, 0.2) is 43.2 Å². The molecule has 33 nitrogen and oxygen atoms in total. The number of nitro benzene ring substituents is 3. The van der Waals surface area contributed by atoms with E-state index in [0.29, 0.717) is 60.1 Å². The Morgan fingerprint density at radius 3 is 1.01 bits per heavy atom. The van der Waals surface area contributed by atoms with Gasteiger partial charge >= 0.3 is 22.2 Å². The average Bonchev–Trinajstić information content (AvgIpc) is 1.66. The van der Waals surface area contributed by atoms with Crippen molar-refractivity contribution < 1.29 is 23.6 Å². The van der Waals surface area contributed by atoms with E-state index in [1.807, 2.05) is 0 Å². The smallest absolute Gasteiger partial charge is 0.301 e. The van der Waals surface area contributed by atoms with Gasteiger partial charge in [0.2, 0.25) is 0 Å². The zero-order valence-corrected chi connectivity index (χ0v) is 58.6. The lowest BCUT2D eigenvalue weighted by Gasteiger charge is -2.00. The van der Waals surface area contributed by atoms with Crippen LogP contribution in [0, 0.1) is 42.0 Å². The molecule has 0 bridgehead atoms. The van der Waals surface area contributed by atoms with E-state index in [1.54, 1.807) is 72.8 Å². The van der Waals surface area contributed by atoms with Gasteiger partial charge in [-0.05, 0) is 176 Å². The molecule has 4 heterocycles. The standard InChI is InChI=1S/C16H11ClFN5OS.2C16H11ClN6O3S.C16H11FN6O3S/c17-10-2-1-3-12(8-10)20-21-14-13(9-4-6-11(18)7-5-9)22-23(15(14)24)16(19)25;17-10-3-5-11(6-4-10)19-20-14-13(21-22(15(14)24)16(18)27)9-1-7-12(8-2-9)23(25)26;17-11-3-1-2-4-12(11)19-20-14-13(21-22(15(14)24)16(18)27)9-5-7-10(8-6-9)23(25)26;17-10-2-1-3-11(8-10)19-20-14-13(21-22(15(14)24)16(18)27)9-4-6-12(7-5-9)23(25)26/h1-8,22H,(H2,19,25);3*1-8,21H,(H2,18,27). The normalized spacial score (nSPS) is 11.0. The van der Waals surface area contributed by atoms with Crippen molar-refractivity contribution >= 4 is 167 Å². The second-order valence-electron chi connectivity index (χ2n) is 20.9. The van der Waals surface area contributed by atoms with Crippen molar-refractivity contribution in [2.24, 2.45) is 63.8 Å². The minimum atomic E-state index is -0.656. The van der Waals surface area contributed by atoms with Gasteiger partial charge in [-0.3, -0.25) is 69.9 Å². The van der Waals surface area contributed by atoms with Gasteiger partial charge in [0.25, 0.3) is 17.1 Å². The number of nitrogens with two attached hydrogens (primary N) is 4. The van der Waals surface area contributed by atoms with Crippen molar-refractivity contribution in [3.05, 3.63) is 293 Å². The van der Waals surface area contributed by atoms with Crippen LogP contribution in [0.2, 0.25) is 15.1 Å². The van der Waals surface area contributed by atoms with Crippen LogP contribution in [-0.4, -0.2) is 74.3 Å². The summed E-state index contributed by atoms with van der Waals surface area (Å²) >= 11 is 37.1. The summed E-state index contributed by atoms with van der Waals surface area (Å²) in [7, 11) is 0. The Bertz CT molecular complexity index is 5780. The lowest BCUT2D eigenvalue weighted by molar-refractivity contribution is -0.385. The number of rotatable bonds is 15. The molecule has 12 aromatic rings. The van der Waals surface area contributed by atoms with Crippen molar-refractivity contribution in [1.29, 1.82) is 0 Å². The van der Waals surface area contributed by atoms with Crippen LogP contribution in [0.25, 0.3) is 45.0 Å². The van der Waals surface area contributed by atoms with Crippen LogP contribution in [0.4, 0.5) is 71.3 Å². The molecule has 0 unspecified atom stereocenters. The first-order valence-corrected chi connectivity index (χ1v) is 32.1. The van der Waals surface area contributed by atoms with Crippen molar-refractivity contribution in [3.63, 3.8) is 0 Å². The van der Waals surface area contributed by atoms with E-state index in [2.05, 4.69) is 61.3 Å². The lowest BCUT2D eigenvalue weighted by Crippen LogP contribution is -2.29. The number of aromatic amines is 4. The van der Waals surface area contributed by atoms with E-state index in [-0.39, 0.29) is 83.0 Å². The third kappa shape index (κ3) is 19.1. The summed E-state index contributed by atoms with van der Waals surface area (Å²) < 4.78 is 30.2. The fourth-order valence-corrected chi connectivity index (χ4v) is 9.92. The number of non-ortho nitro benzene ring substituents is 3. The number of H-pyrrole nitrogens is 4. The molecule has 12 N–H and O–H groups in total. The Labute approximate surface area is 626 Å². The summed E-state index contributed by atoms with van der Waals surface area (Å²) in [4.78, 5) is 80.9. The maximum absolute atomic E-state index is 13.3. The first kappa shape index (κ1) is 76.9. The first-order valence-electron chi connectivity index (χ1n) is 29.3. The molecular weight excluding hydrogens is 1520 g/mol. The Hall–Kier alpha value is -13.3. The number of nitrogens with zero attached hydrogens (tertiary/aromatic N) is 15. The molecule has 0 aliphatic heterocycles. The van der Waals surface area contributed by atoms with E-state index >= 15 is 0 Å². The van der Waals surface area contributed by atoms with Gasteiger partial charge in [-0.1, -0.05) is 59.1 Å². The molecule has 0 spiro atoms. The van der Waals surface area contributed by atoms with Gasteiger partial charge in [-0.2, -0.15) is 34.1 Å². The Balaban J connectivity index is 0.000000164. The molecule has 12 rings (SSSR count). The number of hydrogen-bond donors (Lipinski definition) is 8. The lowest BCUT2D eigenvalue weighted by atomic mass is 10.1. The highest BCUT2D eigenvalue weighted by atomic mass is 35.5. The van der Waals surface area contributed by atoms with E-state index in [1.165, 1.54) is 115 Å². The molecule has 0 radical (unpaired) electrons. The second kappa shape index (κ2) is 34.6. The summed E-state index contributed by atoms with van der Waals surface area (Å²) in [6.07, 6.45) is 0. The van der Waals surface area contributed by atoms with Gasteiger partial charge in [0, 0.05) is 74.8 Å². The fourth-order valence-electron chi connectivity index (χ4n) is 8.92. The van der Waals surface area contributed by atoms with Crippen LogP contribution >= 0.6 is 83.7 Å². The largest absolute Gasteiger partial charge is 0.374 e. The third-order valence-electron chi connectivity index (χ3n) is 13.9. The molecule has 0 saturated heterocycles. The third-order valence-corrected chi connectivity index (χ3v) is 15.5. The fraction of sp³-hybridized carbons (Fsp3) is 0. The van der Waals surface area contributed by atoms with Gasteiger partial charge in [0.1, 0.15) is 17.3 Å². The number of nitro groups is 3. The maximum Gasteiger partial charge on any atom is 0.301 e. The molecule has 0 atom stereocenters. The highest BCUT2D eigenvalue weighted by Crippen LogP contribution is 2.34. The quantitative estimate of drug-likeness (QED) is 0.0204. The highest BCUT2D eigenvalue weighted by Gasteiger charge is 2.23. The van der Waals surface area contributed by atoms with Crippen molar-refractivity contribution in [3.8, 4) is 45.0 Å². The number of thiocarbonyl (C=S) groups is 4. The topological polar surface area (TPSA) is 484 Å². The number of benzene rings is 8. The van der Waals surface area contributed by atoms with E-state index < -0.39 is 48.6 Å². The van der Waals surface area contributed by atoms with E-state index in [0.717, 1.165) is 24.8 Å². The predicted octanol–water partition coefficient (Wildman–Crippen LogP) is 15.4. The van der Waals surface area contributed by atoms with Gasteiger partial charge < -0.3 is 22.9 Å². The SMILES string of the molecule is NC(=S)n1[nH]c(-c2ccc(F)cc2)c(N=Nc2cccc(Cl)c2)c1=O.NC(=S)n1[nH]c(-c2ccc([N+](=O)[O-])cc2)c(N=Nc2ccc(Cl)cc2)c1=O.NC(=S)n1[nH]c(-c2ccc([N+](=O)[O-])cc2)c(N=Nc2cccc(F)c2)c1=O.NC(=S)n1[nH]c(-c2ccc([N+](=O)[O-])cc2)c(N=Nc2ccccc2Cl)c1=O.